The Balaban J connectivity index is 2.01. The minimum absolute atomic E-state index is 0.0554. The summed E-state index contributed by atoms with van der Waals surface area (Å²) in [6.07, 6.45) is 3.78. The third-order valence-corrected chi connectivity index (χ3v) is 5.77. The first kappa shape index (κ1) is 15.5. The Kier molecular flexibility index (Phi) is 4.52. The standard InChI is InChI=1S/C15H23NO3S/c1-15(17,12-7-4-3-5-8-12)11-16-13-9-6-10-14(13)20(2,18)19/h3-5,7-8,13-14,16-17H,6,9-11H2,1-2H3. The smallest absolute Gasteiger partial charge is 0.151 e. The molecule has 1 aliphatic rings. The maximum absolute atomic E-state index is 11.7. The van der Waals surface area contributed by atoms with Gasteiger partial charge in [0, 0.05) is 18.8 Å². The number of benzene rings is 1. The van der Waals surface area contributed by atoms with Gasteiger partial charge in [-0.1, -0.05) is 36.8 Å². The Morgan fingerprint density at radius 3 is 2.55 bits per heavy atom. The van der Waals surface area contributed by atoms with Gasteiger partial charge in [-0.2, -0.15) is 0 Å². The molecule has 0 heterocycles. The number of nitrogens with one attached hydrogen (secondary N) is 1. The lowest BCUT2D eigenvalue weighted by atomic mass is 9.96. The second kappa shape index (κ2) is 5.84. The summed E-state index contributed by atoms with van der Waals surface area (Å²) < 4.78 is 23.5. The fraction of sp³-hybridized carbons (Fsp3) is 0.600. The van der Waals surface area contributed by atoms with E-state index >= 15 is 0 Å². The Hall–Kier alpha value is -0.910. The average molecular weight is 297 g/mol. The van der Waals surface area contributed by atoms with Crippen LogP contribution in [0.2, 0.25) is 0 Å². The van der Waals surface area contributed by atoms with Crippen LogP contribution in [0.5, 0.6) is 0 Å². The van der Waals surface area contributed by atoms with Crippen molar-refractivity contribution < 1.29 is 13.5 Å². The summed E-state index contributed by atoms with van der Waals surface area (Å²) >= 11 is 0. The maximum Gasteiger partial charge on any atom is 0.151 e. The van der Waals surface area contributed by atoms with Crippen molar-refractivity contribution in [3.8, 4) is 0 Å². The quantitative estimate of drug-likeness (QED) is 0.863. The van der Waals surface area contributed by atoms with Gasteiger partial charge in [0.05, 0.1) is 10.9 Å². The molecule has 1 aromatic rings. The molecule has 4 nitrogen and oxygen atoms in total. The molecule has 2 rings (SSSR count). The van der Waals surface area contributed by atoms with Crippen LogP contribution in [0.3, 0.4) is 0 Å². The van der Waals surface area contributed by atoms with Crippen LogP contribution < -0.4 is 5.32 Å². The van der Waals surface area contributed by atoms with Gasteiger partial charge in [-0.3, -0.25) is 0 Å². The SMILES string of the molecule is CC(O)(CNC1CCCC1S(C)(=O)=O)c1ccccc1. The lowest BCUT2D eigenvalue weighted by molar-refractivity contribution is 0.0541. The highest BCUT2D eigenvalue weighted by Crippen LogP contribution is 2.26. The largest absolute Gasteiger partial charge is 0.384 e. The molecule has 1 aromatic carbocycles. The van der Waals surface area contributed by atoms with E-state index in [-0.39, 0.29) is 11.3 Å². The Morgan fingerprint density at radius 1 is 1.30 bits per heavy atom. The van der Waals surface area contributed by atoms with Crippen molar-refractivity contribution in [3.05, 3.63) is 35.9 Å². The molecule has 112 valence electrons. The van der Waals surface area contributed by atoms with Gasteiger partial charge < -0.3 is 10.4 Å². The average Bonchev–Trinajstić information content (AvgIpc) is 2.86. The van der Waals surface area contributed by atoms with Crippen LogP contribution in [0.4, 0.5) is 0 Å². The lowest BCUT2D eigenvalue weighted by Gasteiger charge is -2.28. The molecular weight excluding hydrogens is 274 g/mol. The van der Waals surface area contributed by atoms with Crippen molar-refractivity contribution in [2.45, 2.75) is 43.1 Å². The molecule has 1 aliphatic carbocycles. The van der Waals surface area contributed by atoms with Gasteiger partial charge in [-0.25, -0.2) is 8.42 Å². The zero-order valence-electron chi connectivity index (χ0n) is 12.0. The summed E-state index contributed by atoms with van der Waals surface area (Å²) in [6, 6.07) is 9.38. The third kappa shape index (κ3) is 3.59. The Morgan fingerprint density at radius 2 is 1.95 bits per heavy atom. The summed E-state index contributed by atoms with van der Waals surface area (Å²) in [7, 11) is -3.03. The normalized spacial score (nSPS) is 26.4. The highest BCUT2D eigenvalue weighted by atomic mass is 32.2. The molecule has 0 spiro atoms. The number of hydrogen-bond acceptors (Lipinski definition) is 4. The van der Waals surface area contributed by atoms with Crippen LogP contribution in [-0.4, -0.2) is 37.6 Å². The van der Waals surface area contributed by atoms with Crippen molar-refractivity contribution in [3.63, 3.8) is 0 Å². The Labute approximate surface area is 121 Å². The molecule has 3 unspecified atom stereocenters. The first-order chi connectivity index (χ1) is 9.31. The summed E-state index contributed by atoms with van der Waals surface area (Å²) in [6.45, 7) is 2.10. The Bertz CT molecular complexity index is 539. The summed E-state index contributed by atoms with van der Waals surface area (Å²) in [5.41, 5.74) is -0.160. The molecule has 0 bridgehead atoms. The van der Waals surface area contributed by atoms with E-state index in [9.17, 15) is 13.5 Å². The number of rotatable bonds is 5. The number of sulfone groups is 1. The predicted octanol–water partition coefficient (Wildman–Crippen LogP) is 1.45. The second-order valence-corrected chi connectivity index (χ2v) is 8.19. The van der Waals surface area contributed by atoms with Crippen LogP contribution in [-0.2, 0) is 15.4 Å². The van der Waals surface area contributed by atoms with E-state index in [1.54, 1.807) is 6.92 Å². The third-order valence-electron chi connectivity index (χ3n) is 4.11. The molecular formula is C15H23NO3S. The second-order valence-electron chi connectivity index (χ2n) is 5.93. The topological polar surface area (TPSA) is 66.4 Å². The van der Waals surface area contributed by atoms with Crippen LogP contribution in [0.15, 0.2) is 30.3 Å². The molecule has 20 heavy (non-hydrogen) atoms. The van der Waals surface area contributed by atoms with Gasteiger partial charge in [0.15, 0.2) is 9.84 Å². The first-order valence-electron chi connectivity index (χ1n) is 7.01. The zero-order chi connectivity index (χ0) is 14.8. The predicted molar refractivity (Wildman–Crippen MR) is 80.3 cm³/mol. The molecule has 0 amide bonds. The molecule has 1 fully saturated rings. The van der Waals surface area contributed by atoms with Gasteiger partial charge in [0.25, 0.3) is 0 Å². The van der Waals surface area contributed by atoms with Gasteiger partial charge in [-0.05, 0) is 25.3 Å². The molecule has 2 N–H and O–H groups in total. The summed E-state index contributed by atoms with van der Waals surface area (Å²) in [5, 5.41) is 13.4. The van der Waals surface area contributed by atoms with E-state index in [1.165, 1.54) is 6.26 Å². The van der Waals surface area contributed by atoms with Gasteiger partial charge in [0.2, 0.25) is 0 Å². The summed E-state index contributed by atoms with van der Waals surface area (Å²) in [5.74, 6) is 0. The fourth-order valence-electron chi connectivity index (χ4n) is 2.90. The van der Waals surface area contributed by atoms with Gasteiger partial charge >= 0.3 is 0 Å². The van der Waals surface area contributed by atoms with Gasteiger partial charge in [0.1, 0.15) is 0 Å². The van der Waals surface area contributed by atoms with Crippen molar-refractivity contribution >= 4 is 9.84 Å². The highest BCUT2D eigenvalue weighted by molar-refractivity contribution is 7.91. The number of aliphatic hydroxyl groups is 1. The van der Waals surface area contributed by atoms with E-state index in [0.717, 1.165) is 18.4 Å². The molecule has 0 saturated heterocycles. The maximum atomic E-state index is 11.7. The van der Waals surface area contributed by atoms with Crippen LogP contribution >= 0.6 is 0 Å². The lowest BCUT2D eigenvalue weighted by Crippen LogP contribution is -2.46. The van der Waals surface area contributed by atoms with Crippen LogP contribution in [0.1, 0.15) is 31.7 Å². The van der Waals surface area contributed by atoms with Crippen molar-refractivity contribution in [2.24, 2.45) is 0 Å². The zero-order valence-corrected chi connectivity index (χ0v) is 12.9. The molecule has 1 saturated carbocycles. The van der Waals surface area contributed by atoms with E-state index in [0.29, 0.717) is 13.0 Å². The van der Waals surface area contributed by atoms with E-state index in [1.807, 2.05) is 30.3 Å². The highest BCUT2D eigenvalue weighted by Gasteiger charge is 2.35. The molecule has 3 atom stereocenters. The molecule has 0 aliphatic heterocycles. The van der Waals surface area contributed by atoms with E-state index in [2.05, 4.69) is 5.32 Å². The monoisotopic (exact) mass is 297 g/mol. The molecule has 0 radical (unpaired) electrons. The number of hydrogen-bond donors (Lipinski definition) is 2. The van der Waals surface area contributed by atoms with Gasteiger partial charge in [-0.15, -0.1) is 0 Å². The van der Waals surface area contributed by atoms with E-state index in [4.69, 9.17) is 0 Å². The first-order valence-corrected chi connectivity index (χ1v) is 8.96. The molecule has 5 heteroatoms. The fourth-order valence-corrected chi connectivity index (χ4v) is 4.33. The minimum Gasteiger partial charge on any atom is -0.384 e. The van der Waals surface area contributed by atoms with Crippen molar-refractivity contribution in [1.29, 1.82) is 0 Å². The van der Waals surface area contributed by atoms with E-state index < -0.39 is 15.4 Å². The van der Waals surface area contributed by atoms with Crippen LogP contribution in [0.25, 0.3) is 0 Å². The minimum atomic E-state index is -3.03. The molecule has 0 aromatic heterocycles. The van der Waals surface area contributed by atoms with Crippen LogP contribution in [0, 0.1) is 0 Å². The summed E-state index contributed by atoms with van der Waals surface area (Å²) in [4.78, 5) is 0. The van der Waals surface area contributed by atoms with Crippen molar-refractivity contribution in [2.75, 3.05) is 12.8 Å². The van der Waals surface area contributed by atoms with Crippen molar-refractivity contribution in [1.82, 2.24) is 5.32 Å².